The number of anilines is 4. The van der Waals surface area contributed by atoms with E-state index in [0.717, 1.165) is 25.9 Å². The molecular formula is C30H37F3N8O3. The number of likely N-dealkylation sites (tertiary alicyclic amines) is 1. The van der Waals surface area contributed by atoms with Gasteiger partial charge in [0.25, 0.3) is 11.8 Å². The lowest BCUT2D eigenvalue weighted by Gasteiger charge is -2.35. The number of fused-ring (bicyclic) bond motifs is 1. The highest BCUT2D eigenvalue weighted by atomic mass is 19.4. The van der Waals surface area contributed by atoms with Crippen molar-refractivity contribution < 1.29 is 27.5 Å². The first kappa shape index (κ1) is 31.1. The normalized spacial score (nSPS) is 17.4. The molecular weight excluding hydrogens is 577 g/mol. The van der Waals surface area contributed by atoms with Crippen molar-refractivity contribution in [2.45, 2.75) is 58.4 Å². The Morgan fingerprint density at radius 3 is 2.64 bits per heavy atom. The molecule has 0 aliphatic carbocycles. The van der Waals surface area contributed by atoms with E-state index in [4.69, 9.17) is 4.74 Å². The van der Waals surface area contributed by atoms with Crippen LogP contribution in [0.4, 0.5) is 36.3 Å². The first-order valence-electron chi connectivity index (χ1n) is 14.7. The first-order valence-corrected chi connectivity index (χ1v) is 14.7. The van der Waals surface area contributed by atoms with Gasteiger partial charge in [-0.05, 0) is 64.4 Å². The Hall–Kier alpha value is -4.33. The number of carbonyl (C=O) groups excluding carboxylic acids is 2. The van der Waals surface area contributed by atoms with Crippen molar-refractivity contribution >= 4 is 35.0 Å². The molecule has 0 saturated carbocycles. The summed E-state index contributed by atoms with van der Waals surface area (Å²) in [4.78, 5) is 38.0. The Kier molecular flexibility index (Phi) is 9.00. The van der Waals surface area contributed by atoms with Gasteiger partial charge in [-0.2, -0.15) is 18.2 Å². The van der Waals surface area contributed by atoms with Crippen LogP contribution in [0.3, 0.4) is 0 Å². The molecule has 14 heteroatoms. The van der Waals surface area contributed by atoms with E-state index in [1.807, 2.05) is 6.92 Å². The smallest absolute Gasteiger partial charge is 0.421 e. The van der Waals surface area contributed by atoms with Crippen LogP contribution in [0.1, 0.15) is 60.0 Å². The van der Waals surface area contributed by atoms with E-state index >= 15 is 0 Å². The summed E-state index contributed by atoms with van der Waals surface area (Å²) in [7, 11) is 1.43. The molecule has 11 nitrogen and oxygen atoms in total. The summed E-state index contributed by atoms with van der Waals surface area (Å²) >= 11 is 0. The van der Waals surface area contributed by atoms with E-state index in [1.165, 1.54) is 7.11 Å². The van der Waals surface area contributed by atoms with Crippen LogP contribution < -0.4 is 20.7 Å². The summed E-state index contributed by atoms with van der Waals surface area (Å²) in [6.07, 6.45) is -0.519. The number of amides is 2. The molecule has 0 radical (unpaired) electrons. The average Bonchev–Trinajstić information content (AvgIpc) is 3.40. The molecule has 2 amide bonds. The number of halogens is 3. The molecule has 1 aromatic carbocycles. The number of rotatable bonds is 9. The molecule has 1 atom stereocenters. The minimum absolute atomic E-state index is 0.0284. The molecule has 2 aromatic heterocycles. The third-order valence-electron chi connectivity index (χ3n) is 8.02. The third-order valence-corrected chi connectivity index (χ3v) is 8.02. The van der Waals surface area contributed by atoms with Gasteiger partial charge >= 0.3 is 6.18 Å². The lowest BCUT2D eigenvalue weighted by molar-refractivity contribution is -0.137. The van der Waals surface area contributed by atoms with Crippen LogP contribution in [0.5, 0.6) is 5.75 Å². The van der Waals surface area contributed by atoms with E-state index < -0.39 is 17.6 Å². The molecule has 236 valence electrons. The van der Waals surface area contributed by atoms with E-state index in [1.54, 1.807) is 39.9 Å². The number of likely N-dealkylation sites (N-methyl/N-ethyl adjacent to an activating group) is 1. The van der Waals surface area contributed by atoms with E-state index in [9.17, 15) is 22.8 Å². The van der Waals surface area contributed by atoms with Gasteiger partial charge in [-0.1, -0.05) is 0 Å². The number of aromatic nitrogens is 3. The summed E-state index contributed by atoms with van der Waals surface area (Å²) in [5, 5.41) is 8.72. The predicted octanol–water partition coefficient (Wildman–Crippen LogP) is 4.87. The average molecular weight is 615 g/mol. The summed E-state index contributed by atoms with van der Waals surface area (Å²) < 4.78 is 49.1. The predicted molar refractivity (Wildman–Crippen MR) is 160 cm³/mol. The number of piperidine rings is 1. The summed E-state index contributed by atoms with van der Waals surface area (Å²) in [5.74, 6) is -0.878. The van der Waals surface area contributed by atoms with Crippen molar-refractivity contribution in [3.05, 3.63) is 53.5 Å². The van der Waals surface area contributed by atoms with Crippen LogP contribution in [0.15, 0.2) is 36.7 Å². The topological polar surface area (TPSA) is 117 Å². The van der Waals surface area contributed by atoms with Crippen LogP contribution in [-0.4, -0.2) is 81.5 Å². The number of nitrogens with zero attached hydrogens (tertiary/aromatic N) is 5. The third kappa shape index (κ3) is 6.59. The second kappa shape index (κ2) is 12.7. The van der Waals surface area contributed by atoms with E-state index in [2.05, 4.69) is 44.7 Å². The molecule has 1 saturated heterocycles. The lowest BCUT2D eigenvalue weighted by atomic mass is 10.0. The number of alkyl halides is 3. The van der Waals surface area contributed by atoms with Crippen LogP contribution >= 0.6 is 0 Å². The fourth-order valence-corrected chi connectivity index (χ4v) is 5.57. The summed E-state index contributed by atoms with van der Waals surface area (Å²) in [5.41, 5.74) is 0.129. The number of ether oxygens (including phenoxy) is 1. The van der Waals surface area contributed by atoms with Gasteiger partial charge in [-0.3, -0.25) is 14.5 Å². The molecule has 0 bridgehead atoms. The minimum Gasteiger partial charge on any atom is -0.495 e. The Bertz CT molecular complexity index is 1520. The number of carbonyl (C=O) groups is 2. The largest absolute Gasteiger partial charge is 0.495 e. The van der Waals surface area contributed by atoms with Crippen molar-refractivity contribution in [2.24, 2.45) is 0 Å². The van der Waals surface area contributed by atoms with Crippen LogP contribution in [-0.2, 0) is 12.7 Å². The number of nitrogens with one attached hydrogen (secondary N) is 3. The monoisotopic (exact) mass is 614 g/mol. The SMILES string of the molecule is CCN1CCn2ccc(Nc3nc(Nc4ccc(C(=O)NC5CCCN(C(C)C)C5)cc4OC)ncc3C(F)(F)F)c2C1=O. The molecule has 1 unspecified atom stereocenters. The van der Waals surface area contributed by atoms with E-state index in [0.29, 0.717) is 43.1 Å². The van der Waals surface area contributed by atoms with Gasteiger partial charge in [-0.15, -0.1) is 0 Å². The highest BCUT2D eigenvalue weighted by molar-refractivity contribution is 5.99. The molecule has 5 rings (SSSR count). The fraction of sp³-hybridized carbons (Fsp3) is 0.467. The lowest BCUT2D eigenvalue weighted by Crippen LogP contribution is -2.49. The van der Waals surface area contributed by atoms with Gasteiger partial charge in [0.05, 0.1) is 18.5 Å². The van der Waals surface area contributed by atoms with Crippen molar-refractivity contribution in [1.29, 1.82) is 0 Å². The molecule has 4 heterocycles. The number of methoxy groups -OCH3 is 1. The number of hydrogen-bond donors (Lipinski definition) is 3. The molecule has 0 spiro atoms. The zero-order valence-corrected chi connectivity index (χ0v) is 25.2. The fourth-order valence-electron chi connectivity index (χ4n) is 5.57. The zero-order chi connectivity index (χ0) is 31.6. The maximum Gasteiger partial charge on any atom is 0.421 e. The molecule has 3 N–H and O–H groups in total. The first-order chi connectivity index (χ1) is 21.0. The van der Waals surface area contributed by atoms with Crippen molar-refractivity contribution in [3.8, 4) is 5.75 Å². The molecule has 44 heavy (non-hydrogen) atoms. The van der Waals surface area contributed by atoms with Crippen LogP contribution in [0.25, 0.3) is 0 Å². The van der Waals surface area contributed by atoms with Gasteiger partial charge < -0.3 is 30.2 Å². The second-order valence-corrected chi connectivity index (χ2v) is 11.2. The van der Waals surface area contributed by atoms with Gasteiger partial charge in [-0.25, -0.2) is 4.98 Å². The van der Waals surface area contributed by atoms with Gasteiger partial charge in [0.15, 0.2) is 0 Å². The maximum atomic E-state index is 14.0. The standard InChI is InChI=1S/C30H37F3N8O3/c1-5-39-13-14-40-12-10-23(25(40)28(39)43)36-26-21(30(31,32)33)16-34-29(38-26)37-22-9-8-19(15-24(22)44-4)27(42)35-20-7-6-11-41(17-20)18(2)3/h8-10,12,15-16,18,20H,5-7,11,13-14,17H2,1-4H3,(H,35,42)(H2,34,36,37,38). The molecule has 3 aromatic rings. The highest BCUT2D eigenvalue weighted by Crippen LogP contribution is 2.37. The molecule has 2 aliphatic heterocycles. The Morgan fingerprint density at radius 1 is 1.14 bits per heavy atom. The van der Waals surface area contributed by atoms with Gasteiger partial charge in [0.1, 0.15) is 22.8 Å². The van der Waals surface area contributed by atoms with Crippen molar-refractivity contribution in [1.82, 2.24) is 29.7 Å². The summed E-state index contributed by atoms with van der Waals surface area (Å²) in [6.45, 7) is 9.43. The quantitative estimate of drug-likeness (QED) is 0.313. The minimum atomic E-state index is -4.75. The number of hydrogen-bond acceptors (Lipinski definition) is 8. The van der Waals surface area contributed by atoms with Crippen LogP contribution in [0.2, 0.25) is 0 Å². The Morgan fingerprint density at radius 2 is 1.93 bits per heavy atom. The Labute approximate surface area is 253 Å². The highest BCUT2D eigenvalue weighted by Gasteiger charge is 2.36. The van der Waals surface area contributed by atoms with Gasteiger partial charge in [0.2, 0.25) is 5.95 Å². The Balaban J connectivity index is 1.37. The van der Waals surface area contributed by atoms with Crippen molar-refractivity contribution in [2.75, 3.05) is 43.9 Å². The second-order valence-electron chi connectivity index (χ2n) is 11.2. The molecule has 2 aliphatic rings. The molecule has 1 fully saturated rings. The number of benzene rings is 1. The zero-order valence-electron chi connectivity index (χ0n) is 25.2. The maximum absolute atomic E-state index is 14.0. The van der Waals surface area contributed by atoms with E-state index in [-0.39, 0.29) is 40.9 Å². The van der Waals surface area contributed by atoms with Crippen molar-refractivity contribution in [3.63, 3.8) is 0 Å². The summed E-state index contributed by atoms with van der Waals surface area (Å²) in [6, 6.07) is 6.73. The van der Waals surface area contributed by atoms with Gasteiger partial charge in [0, 0.05) is 56.2 Å². The van der Waals surface area contributed by atoms with Crippen LogP contribution in [0, 0.1) is 0 Å².